The number of hydrogen-bond acceptors (Lipinski definition) is 5. The molecule has 1 heterocycles. The molecule has 1 N–H and O–H groups in total. The van der Waals surface area contributed by atoms with Gasteiger partial charge in [-0.25, -0.2) is 4.98 Å². The maximum absolute atomic E-state index is 10.9. The number of nitrogens with zero attached hydrogens (tertiary/aromatic N) is 2. The molecule has 6 heteroatoms. The summed E-state index contributed by atoms with van der Waals surface area (Å²) in [6.07, 6.45) is 1.50. The number of aryl methyl sites for hydroxylation is 1. The summed E-state index contributed by atoms with van der Waals surface area (Å²) in [4.78, 5) is 14.7. The zero-order chi connectivity index (χ0) is 15.4. The number of rotatable bonds is 5. The fourth-order valence-corrected chi connectivity index (χ4v) is 1.99. The third-order valence-electron chi connectivity index (χ3n) is 3.25. The zero-order valence-corrected chi connectivity index (χ0v) is 12.2. The van der Waals surface area contributed by atoms with Crippen molar-refractivity contribution in [3.63, 3.8) is 0 Å². The van der Waals surface area contributed by atoms with Crippen LogP contribution in [0.4, 0.5) is 11.5 Å². The summed E-state index contributed by atoms with van der Waals surface area (Å²) in [7, 11) is 1.62. The minimum absolute atomic E-state index is 0.0225. The number of ether oxygens (including phenoxy) is 1. The molecule has 0 saturated carbocycles. The molecular weight excluding hydrogens is 270 g/mol. The van der Waals surface area contributed by atoms with Crippen LogP contribution in [0.2, 0.25) is 0 Å². The van der Waals surface area contributed by atoms with Crippen molar-refractivity contribution >= 4 is 11.5 Å². The smallest absolute Gasteiger partial charge is 0.277 e. The van der Waals surface area contributed by atoms with E-state index < -0.39 is 4.92 Å². The normalized spacial score (nSPS) is 11.8. The molecule has 0 radical (unpaired) electrons. The van der Waals surface area contributed by atoms with Crippen molar-refractivity contribution in [1.82, 2.24) is 4.98 Å². The lowest BCUT2D eigenvalue weighted by molar-refractivity contribution is -0.385. The maximum atomic E-state index is 10.9. The summed E-state index contributed by atoms with van der Waals surface area (Å²) in [6, 6.07) is 9.07. The maximum Gasteiger partial charge on any atom is 0.277 e. The Morgan fingerprint density at radius 1 is 1.33 bits per heavy atom. The molecule has 0 saturated heterocycles. The van der Waals surface area contributed by atoms with Gasteiger partial charge in [-0.2, -0.15) is 0 Å². The van der Waals surface area contributed by atoms with E-state index in [9.17, 15) is 10.1 Å². The van der Waals surface area contributed by atoms with Gasteiger partial charge in [-0.3, -0.25) is 10.1 Å². The van der Waals surface area contributed by atoms with E-state index in [1.807, 2.05) is 31.2 Å². The fourth-order valence-electron chi connectivity index (χ4n) is 1.99. The number of nitro groups is 1. The zero-order valence-electron chi connectivity index (χ0n) is 12.2. The van der Waals surface area contributed by atoms with E-state index in [2.05, 4.69) is 10.3 Å². The molecule has 0 aliphatic carbocycles. The molecule has 0 aliphatic heterocycles. The van der Waals surface area contributed by atoms with Crippen molar-refractivity contribution in [3.8, 4) is 5.75 Å². The van der Waals surface area contributed by atoms with E-state index in [0.717, 1.165) is 11.3 Å². The predicted octanol–water partition coefficient (Wildman–Crippen LogP) is 3.48. The van der Waals surface area contributed by atoms with Crippen molar-refractivity contribution in [2.24, 2.45) is 0 Å². The number of hydrogen-bond donors (Lipinski definition) is 1. The number of nitrogens with one attached hydrogen (secondary N) is 1. The summed E-state index contributed by atoms with van der Waals surface area (Å²) in [6.45, 7) is 3.64. The molecule has 1 atom stereocenters. The highest BCUT2D eigenvalue weighted by Gasteiger charge is 2.13. The minimum Gasteiger partial charge on any atom is -0.497 e. The van der Waals surface area contributed by atoms with Crippen LogP contribution in [-0.2, 0) is 0 Å². The Balaban J connectivity index is 2.16. The summed E-state index contributed by atoms with van der Waals surface area (Å²) >= 11 is 0. The Bertz CT molecular complexity index is 641. The first-order valence-electron chi connectivity index (χ1n) is 6.53. The topological polar surface area (TPSA) is 77.3 Å². The van der Waals surface area contributed by atoms with Crippen LogP contribution in [0, 0.1) is 17.0 Å². The van der Waals surface area contributed by atoms with Gasteiger partial charge >= 0.3 is 0 Å². The minimum atomic E-state index is -0.403. The van der Waals surface area contributed by atoms with E-state index in [1.165, 1.54) is 12.3 Å². The summed E-state index contributed by atoms with van der Waals surface area (Å²) in [5, 5.41) is 14.1. The van der Waals surface area contributed by atoms with Gasteiger partial charge in [0.05, 0.1) is 18.1 Å². The van der Waals surface area contributed by atoms with Crippen LogP contribution < -0.4 is 10.1 Å². The van der Waals surface area contributed by atoms with Gasteiger partial charge in [0, 0.05) is 17.8 Å². The van der Waals surface area contributed by atoms with E-state index in [4.69, 9.17) is 4.74 Å². The van der Waals surface area contributed by atoms with Crippen molar-refractivity contribution in [3.05, 3.63) is 57.8 Å². The molecule has 1 aromatic carbocycles. The van der Waals surface area contributed by atoms with Gasteiger partial charge in [0.2, 0.25) is 0 Å². The fraction of sp³-hybridized carbons (Fsp3) is 0.267. The first-order chi connectivity index (χ1) is 10.0. The Hall–Kier alpha value is -2.63. The molecule has 0 amide bonds. The van der Waals surface area contributed by atoms with Crippen LogP contribution in [0.1, 0.15) is 24.1 Å². The standard InChI is InChI=1S/C15H17N3O3/c1-10-9-16-15(8-14(10)18(19)20)17-11(2)12-4-6-13(21-3)7-5-12/h4-9,11H,1-3H3,(H,16,17). The average Bonchev–Trinajstić information content (AvgIpc) is 2.49. The molecule has 0 spiro atoms. The second-order valence-electron chi connectivity index (χ2n) is 4.75. The second kappa shape index (κ2) is 6.21. The Kier molecular flexibility index (Phi) is 4.37. The number of pyridine rings is 1. The molecule has 1 aromatic heterocycles. The number of benzene rings is 1. The highest BCUT2D eigenvalue weighted by atomic mass is 16.6. The molecule has 0 fully saturated rings. The molecule has 0 aliphatic rings. The Morgan fingerprint density at radius 2 is 2.00 bits per heavy atom. The third kappa shape index (κ3) is 3.47. The molecule has 0 bridgehead atoms. The highest BCUT2D eigenvalue weighted by molar-refractivity contribution is 5.50. The number of anilines is 1. The molecule has 1 unspecified atom stereocenters. The quantitative estimate of drug-likeness (QED) is 0.673. The van der Waals surface area contributed by atoms with Gasteiger partial charge in [-0.1, -0.05) is 12.1 Å². The molecule has 6 nitrogen and oxygen atoms in total. The van der Waals surface area contributed by atoms with Crippen molar-refractivity contribution in [2.45, 2.75) is 19.9 Å². The molecule has 21 heavy (non-hydrogen) atoms. The van der Waals surface area contributed by atoms with Gasteiger partial charge in [-0.05, 0) is 31.5 Å². The highest BCUT2D eigenvalue weighted by Crippen LogP contribution is 2.24. The SMILES string of the molecule is COc1ccc(C(C)Nc2cc([N+](=O)[O-])c(C)cn2)cc1. The third-order valence-corrected chi connectivity index (χ3v) is 3.25. The number of methoxy groups -OCH3 is 1. The van der Waals surface area contributed by atoms with E-state index in [-0.39, 0.29) is 11.7 Å². The Morgan fingerprint density at radius 3 is 2.57 bits per heavy atom. The van der Waals surface area contributed by atoms with E-state index in [0.29, 0.717) is 11.4 Å². The Labute approximate surface area is 122 Å². The van der Waals surface area contributed by atoms with E-state index >= 15 is 0 Å². The lowest BCUT2D eigenvalue weighted by atomic mass is 10.1. The largest absolute Gasteiger partial charge is 0.497 e. The molecule has 2 rings (SSSR count). The van der Waals surface area contributed by atoms with Gasteiger partial charge in [0.25, 0.3) is 5.69 Å². The van der Waals surface area contributed by atoms with Crippen LogP contribution in [0.25, 0.3) is 0 Å². The van der Waals surface area contributed by atoms with E-state index in [1.54, 1.807) is 14.0 Å². The van der Waals surface area contributed by atoms with Gasteiger partial charge < -0.3 is 10.1 Å². The predicted molar refractivity (Wildman–Crippen MR) is 80.7 cm³/mol. The molecular formula is C15H17N3O3. The first-order valence-corrected chi connectivity index (χ1v) is 6.53. The lowest BCUT2D eigenvalue weighted by Gasteiger charge is -2.15. The summed E-state index contributed by atoms with van der Waals surface area (Å²) in [5.74, 6) is 1.27. The van der Waals surface area contributed by atoms with Crippen molar-refractivity contribution in [2.75, 3.05) is 12.4 Å². The van der Waals surface area contributed by atoms with Crippen LogP contribution in [0.5, 0.6) is 5.75 Å². The first kappa shape index (κ1) is 14.8. The van der Waals surface area contributed by atoms with Crippen LogP contribution in [0.15, 0.2) is 36.5 Å². The number of aromatic nitrogens is 1. The van der Waals surface area contributed by atoms with Crippen molar-refractivity contribution in [1.29, 1.82) is 0 Å². The summed E-state index contributed by atoms with van der Waals surface area (Å²) in [5.41, 5.74) is 1.65. The van der Waals surface area contributed by atoms with Gasteiger partial charge in [-0.15, -0.1) is 0 Å². The average molecular weight is 287 g/mol. The molecule has 110 valence electrons. The monoisotopic (exact) mass is 287 g/mol. The van der Waals surface area contributed by atoms with Crippen molar-refractivity contribution < 1.29 is 9.66 Å². The van der Waals surface area contributed by atoms with Crippen LogP contribution in [-0.4, -0.2) is 17.0 Å². The molecule has 2 aromatic rings. The van der Waals surface area contributed by atoms with Gasteiger partial charge in [0.1, 0.15) is 11.6 Å². The van der Waals surface area contributed by atoms with Crippen LogP contribution >= 0.6 is 0 Å². The van der Waals surface area contributed by atoms with Gasteiger partial charge in [0.15, 0.2) is 0 Å². The second-order valence-corrected chi connectivity index (χ2v) is 4.75. The summed E-state index contributed by atoms with van der Waals surface area (Å²) < 4.78 is 5.11. The van der Waals surface area contributed by atoms with Crippen LogP contribution in [0.3, 0.4) is 0 Å². The lowest BCUT2D eigenvalue weighted by Crippen LogP contribution is -2.08.